The number of rotatable bonds is 3. The van der Waals surface area contributed by atoms with Gasteiger partial charge in [0.2, 0.25) is 5.13 Å². The second-order valence-corrected chi connectivity index (χ2v) is 4.94. The fourth-order valence-electron chi connectivity index (χ4n) is 1.93. The molecule has 1 saturated heterocycles. The maximum absolute atomic E-state index is 5.71. The van der Waals surface area contributed by atoms with Gasteiger partial charge in [-0.25, -0.2) is 0 Å². The molecule has 1 aliphatic rings. The standard InChI is InChI=1S/C12H14N4O2S/c13-11-15-12(16-19-11)18-9-3-1-2-8(6-9)10-7-14-4-5-17-10/h1-3,6,10,14H,4-5,7H2,(H2,13,15,16)/t10-/m0/s1. The topological polar surface area (TPSA) is 82.3 Å². The first kappa shape index (κ1) is 12.3. The predicted octanol–water partition coefficient (Wildman–Crippen LogP) is 1.57. The Morgan fingerprint density at radius 1 is 1.47 bits per heavy atom. The van der Waals surface area contributed by atoms with Crippen LogP contribution in [0, 0.1) is 0 Å². The Labute approximate surface area is 114 Å². The second-order valence-electron chi connectivity index (χ2n) is 4.15. The molecule has 1 aromatic heterocycles. The first-order chi connectivity index (χ1) is 9.31. The van der Waals surface area contributed by atoms with Crippen molar-refractivity contribution in [2.45, 2.75) is 6.10 Å². The van der Waals surface area contributed by atoms with Gasteiger partial charge in [0, 0.05) is 24.6 Å². The molecule has 1 aromatic carbocycles. The Bertz CT molecular complexity index is 554. The smallest absolute Gasteiger partial charge is 0.335 e. The minimum absolute atomic E-state index is 0.0609. The van der Waals surface area contributed by atoms with Crippen molar-refractivity contribution < 1.29 is 9.47 Å². The van der Waals surface area contributed by atoms with Crippen molar-refractivity contribution in [3.63, 3.8) is 0 Å². The number of aromatic nitrogens is 2. The highest BCUT2D eigenvalue weighted by Crippen LogP contribution is 2.26. The van der Waals surface area contributed by atoms with Gasteiger partial charge in [0.15, 0.2) is 0 Å². The van der Waals surface area contributed by atoms with Crippen LogP contribution >= 0.6 is 11.5 Å². The van der Waals surface area contributed by atoms with E-state index in [1.54, 1.807) is 0 Å². The molecule has 0 unspecified atom stereocenters. The lowest BCUT2D eigenvalue weighted by Gasteiger charge is -2.24. The van der Waals surface area contributed by atoms with Crippen LogP contribution in [0.2, 0.25) is 0 Å². The molecule has 0 spiro atoms. The molecule has 1 aliphatic heterocycles. The van der Waals surface area contributed by atoms with Gasteiger partial charge in [-0.1, -0.05) is 12.1 Å². The normalized spacial score (nSPS) is 19.3. The van der Waals surface area contributed by atoms with Gasteiger partial charge in [-0.3, -0.25) is 0 Å². The van der Waals surface area contributed by atoms with Crippen LogP contribution in [0.15, 0.2) is 24.3 Å². The van der Waals surface area contributed by atoms with Gasteiger partial charge >= 0.3 is 6.01 Å². The van der Waals surface area contributed by atoms with Crippen LogP contribution in [0.3, 0.4) is 0 Å². The Morgan fingerprint density at radius 2 is 2.42 bits per heavy atom. The highest BCUT2D eigenvalue weighted by atomic mass is 32.1. The molecule has 6 nitrogen and oxygen atoms in total. The summed E-state index contributed by atoms with van der Waals surface area (Å²) in [6.07, 6.45) is 0.0609. The third kappa shape index (κ3) is 3.01. The first-order valence-corrected chi connectivity index (χ1v) is 6.78. The van der Waals surface area contributed by atoms with Crippen LogP contribution < -0.4 is 15.8 Å². The van der Waals surface area contributed by atoms with Crippen molar-refractivity contribution in [2.75, 3.05) is 25.4 Å². The summed E-state index contributed by atoms with van der Waals surface area (Å²) < 4.78 is 15.3. The first-order valence-electron chi connectivity index (χ1n) is 6.00. The van der Waals surface area contributed by atoms with Gasteiger partial charge < -0.3 is 20.5 Å². The number of nitrogen functional groups attached to an aromatic ring is 1. The molecule has 3 N–H and O–H groups in total. The summed E-state index contributed by atoms with van der Waals surface area (Å²) in [7, 11) is 0. The average Bonchev–Trinajstić information content (AvgIpc) is 2.85. The number of ether oxygens (including phenoxy) is 2. The summed E-state index contributed by atoms with van der Waals surface area (Å²) in [6.45, 7) is 2.43. The summed E-state index contributed by atoms with van der Waals surface area (Å²) >= 11 is 1.11. The maximum Gasteiger partial charge on any atom is 0.335 e. The summed E-state index contributed by atoms with van der Waals surface area (Å²) in [5, 5.41) is 3.69. The summed E-state index contributed by atoms with van der Waals surface area (Å²) in [6, 6.07) is 8.03. The fourth-order valence-corrected chi connectivity index (χ4v) is 2.29. The highest BCUT2D eigenvalue weighted by molar-refractivity contribution is 7.09. The number of hydrogen-bond acceptors (Lipinski definition) is 7. The van der Waals surface area contributed by atoms with Gasteiger partial charge in [-0.2, -0.15) is 4.98 Å². The molecule has 100 valence electrons. The average molecular weight is 278 g/mol. The third-order valence-corrected chi connectivity index (χ3v) is 3.32. The zero-order valence-corrected chi connectivity index (χ0v) is 11.0. The number of anilines is 1. The number of morpholine rings is 1. The molecule has 1 fully saturated rings. The minimum atomic E-state index is 0.0609. The molecule has 0 saturated carbocycles. The van der Waals surface area contributed by atoms with Crippen LogP contribution in [-0.4, -0.2) is 29.1 Å². The van der Waals surface area contributed by atoms with Gasteiger partial charge in [0.25, 0.3) is 0 Å². The maximum atomic E-state index is 5.71. The fraction of sp³-hybridized carbons (Fsp3) is 0.333. The lowest BCUT2D eigenvalue weighted by molar-refractivity contribution is 0.0276. The number of benzene rings is 1. The number of hydrogen-bond donors (Lipinski definition) is 2. The Hall–Kier alpha value is -1.70. The quantitative estimate of drug-likeness (QED) is 0.887. The van der Waals surface area contributed by atoms with E-state index in [2.05, 4.69) is 14.7 Å². The number of nitrogens with two attached hydrogens (primary N) is 1. The highest BCUT2D eigenvalue weighted by Gasteiger charge is 2.16. The molecule has 0 radical (unpaired) electrons. The molecule has 2 heterocycles. The molecule has 0 amide bonds. The van der Waals surface area contributed by atoms with Crippen molar-refractivity contribution in [3.05, 3.63) is 29.8 Å². The van der Waals surface area contributed by atoms with Crippen molar-refractivity contribution in [2.24, 2.45) is 0 Å². The second kappa shape index (κ2) is 5.52. The molecule has 3 rings (SSSR count). The van der Waals surface area contributed by atoms with E-state index in [1.165, 1.54) is 0 Å². The SMILES string of the molecule is Nc1nc(Oc2cccc([C@@H]3CNCCO3)c2)ns1. The van der Waals surface area contributed by atoms with E-state index in [0.717, 1.165) is 36.8 Å². The number of nitrogens with one attached hydrogen (secondary N) is 1. The van der Waals surface area contributed by atoms with Gasteiger partial charge in [-0.05, 0) is 17.7 Å². The van der Waals surface area contributed by atoms with Crippen LogP contribution in [0.25, 0.3) is 0 Å². The molecule has 0 bridgehead atoms. The monoisotopic (exact) mass is 278 g/mol. The molecule has 2 aromatic rings. The molecule has 1 atom stereocenters. The van der Waals surface area contributed by atoms with Crippen LogP contribution in [0.5, 0.6) is 11.8 Å². The molecular weight excluding hydrogens is 264 g/mol. The summed E-state index contributed by atoms with van der Waals surface area (Å²) in [4.78, 5) is 3.97. The van der Waals surface area contributed by atoms with E-state index in [0.29, 0.717) is 10.9 Å². The van der Waals surface area contributed by atoms with Crippen LogP contribution in [0.1, 0.15) is 11.7 Å². The van der Waals surface area contributed by atoms with Crippen LogP contribution in [0.4, 0.5) is 5.13 Å². The van der Waals surface area contributed by atoms with E-state index in [1.807, 2.05) is 24.3 Å². The predicted molar refractivity (Wildman–Crippen MR) is 72.4 cm³/mol. The zero-order valence-electron chi connectivity index (χ0n) is 10.2. The third-order valence-electron chi connectivity index (χ3n) is 2.79. The van der Waals surface area contributed by atoms with E-state index in [-0.39, 0.29) is 12.1 Å². The number of nitrogens with zero attached hydrogens (tertiary/aromatic N) is 2. The minimum Gasteiger partial charge on any atom is -0.424 e. The summed E-state index contributed by atoms with van der Waals surface area (Å²) in [5.74, 6) is 0.685. The van der Waals surface area contributed by atoms with Crippen LogP contribution in [-0.2, 0) is 4.74 Å². The molecule has 7 heteroatoms. The van der Waals surface area contributed by atoms with Crippen molar-refractivity contribution in [3.8, 4) is 11.8 Å². The Kier molecular flexibility index (Phi) is 3.58. The largest absolute Gasteiger partial charge is 0.424 e. The van der Waals surface area contributed by atoms with Crippen molar-refractivity contribution in [1.29, 1.82) is 0 Å². The zero-order chi connectivity index (χ0) is 13.1. The van der Waals surface area contributed by atoms with E-state index >= 15 is 0 Å². The van der Waals surface area contributed by atoms with E-state index < -0.39 is 0 Å². The Morgan fingerprint density at radius 3 is 3.16 bits per heavy atom. The Balaban J connectivity index is 1.75. The van der Waals surface area contributed by atoms with Gasteiger partial charge in [0.1, 0.15) is 5.75 Å². The van der Waals surface area contributed by atoms with Gasteiger partial charge in [-0.15, -0.1) is 4.37 Å². The van der Waals surface area contributed by atoms with Gasteiger partial charge in [0.05, 0.1) is 12.7 Å². The van der Waals surface area contributed by atoms with E-state index in [4.69, 9.17) is 15.2 Å². The molecule has 19 heavy (non-hydrogen) atoms. The lowest BCUT2D eigenvalue weighted by atomic mass is 10.1. The molecular formula is C12H14N4O2S. The van der Waals surface area contributed by atoms with Crippen molar-refractivity contribution >= 4 is 16.7 Å². The van der Waals surface area contributed by atoms with Crippen molar-refractivity contribution in [1.82, 2.24) is 14.7 Å². The molecule has 0 aliphatic carbocycles. The lowest BCUT2D eigenvalue weighted by Crippen LogP contribution is -2.33. The summed E-state index contributed by atoms with van der Waals surface area (Å²) in [5.41, 5.74) is 6.59. The van der Waals surface area contributed by atoms with E-state index in [9.17, 15) is 0 Å².